The van der Waals surface area contributed by atoms with Crippen LogP contribution in [0.25, 0.3) is 6.08 Å². The van der Waals surface area contributed by atoms with Crippen molar-refractivity contribution in [3.63, 3.8) is 0 Å². The number of nitrogens with zero attached hydrogens (tertiary/aromatic N) is 4. The van der Waals surface area contributed by atoms with Crippen molar-refractivity contribution in [1.82, 2.24) is 9.99 Å². The lowest BCUT2D eigenvalue weighted by atomic mass is 10.1. The molecule has 0 spiro atoms. The summed E-state index contributed by atoms with van der Waals surface area (Å²) in [4.78, 5) is 20.9. The molecular formula is C24H16BrN5O2S. The Morgan fingerprint density at radius 3 is 2.73 bits per heavy atom. The van der Waals surface area contributed by atoms with Gasteiger partial charge in [0.1, 0.15) is 17.4 Å². The predicted octanol–water partition coefficient (Wildman–Crippen LogP) is 5.09. The number of carbonyl (C=O) groups is 1. The summed E-state index contributed by atoms with van der Waals surface area (Å²) in [5, 5.41) is 15.4. The van der Waals surface area contributed by atoms with Gasteiger partial charge in [-0.05, 0) is 69.2 Å². The number of rotatable bonds is 5. The number of halogens is 1. The Balaban J connectivity index is 1.36. The summed E-state index contributed by atoms with van der Waals surface area (Å²) in [5.41, 5.74) is 2.78. The number of hydrazone groups is 1. The van der Waals surface area contributed by atoms with E-state index in [-0.39, 0.29) is 11.4 Å². The van der Waals surface area contributed by atoms with E-state index in [0.717, 1.165) is 21.2 Å². The lowest BCUT2D eigenvalue weighted by molar-refractivity contribution is -0.114. The molecule has 0 saturated heterocycles. The molecule has 2 aliphatic rings. The number of amides is 1. The highest BCUT2D eigenvalue weighted by Gasteiger charge is 2.36. The molecule has 162 valence electrons. The maximum atomic E-state index is 12.7. The average Bonchev–Trinajstić information content (AvgIpc) is 3.27. The van der Waals surface area contributed by atoms with Crippen molar-refractivity contribution in [2.24, 2.45) is 10.1 Å². The highest BCUT2D eigenvalue weighted by Crippen LogP contribution is 2.32. The summed E-state index contributed by atoms with van der Waals surface area (Å²) in [5.74, 6) is 0.201. The Hall–Kier alpha value is -3.56. The van der Waals surface area contributed by atoms with Crippen molar-refractivity contribution in [3.8, 4) is 5.75 Å². The fourth-order valence-corrected chi connectivity index (χ4v) is 4.62. The summed E-state index contributed by atoms with van der Waals surface area (Å²) in [6.45, 7) is 0.449. The normalized spacial score (nSPS) is 16.5. The highest BCUT2D eigenvalue weighted by molar-refractivity contribution is 9.10. The van der Waals surface area contributed by atoms with E-state index in [2.05, 4.69) is 31.0 Å². The van der Waals surface area contributed by atoms with Gasteiger partial charge in [-0.3, -0.25) is 15.2 Å². The van der Waals surface area contributed by atoms with Gasteiger partial charge in [-0.25, -0.2) is 0 Å². The lowest BCUT2D eigenvalue weighted by Gasteiger charge is -2.20. The monoisotopic (exact) mass is 517 g/mol. The van der Waals surface area contributed by atoms with Crippen LogP contribution >= 0.6 is 27.7 Å². The number of carbonyl (C=O) groups excluding carboxylic acids is 1. The zero-order chi connectivity index (χ0) is 22.8. The predicted molar refractivity (Wildman–Crippen MR) is 133 cm³/mol. The molecule has 7 nitrogen and oxygen atoms in total. The zero-order valence-electron chi connectivity index (χ0n) is 17.1. The van der Waals surface area contributed by atoms with E-state index in [1.54, 1.807) is 18.5 Å². The number of ether oxygens (including phenoxy) is 1. The second-order valence-electron chi connectivity index (χ2n) is 7.13. The third-order valence-corrected chi connectivity index (χ3v) is 6.44. The number of hydrogen-bond acceptors (Lipinski definition) is 6. The number of nitrogens with one attached hydrogen (secondary N) is 1. The van der Waals surface area contributed by atoms with E-state index in [1.165, 1.54) is 16.8 Å². The number of pyridine rings is 1. The van der Waals surface area contributed by atoms with Crippen LogP contribution in [0.2, 0.25) is 0 Å². The maximum absolute atomic E-state index is 12.7. The first-order chi connectivity index (χ1) is 16.1. The largest absolute Gasteiger partial charge is 0.488 e. The number of hydrogen-bond donors (Lipinski definition) is 1. The van der Waals surface area contributed by atoms with Crippen LogP contribution in [0.15, 0.2) is 93.2 Å². The summed E-state index contributed by atoms with van der Waals surface area (Å²) in [6.07, 6.45) is 5.00. The van der Waals surface area contributed by atoms with Crippen molar-refractivity contribution < 1.29 is 9.53 Å². The van der Waals surface area contributed by atoms with Crippen LogP contribution in [0, 0.1) is 5.41 Å². The molecule has 3 aromatic rings. The molecule has 0 unspecified atom stereocenters. The molecule has 5 rings (SSSR count). The van der Waals surface area contributed by atoms with Gasteiger partial charge in [0.2, 0.25) is 5.17 Å². The third-order valence-electron chi connectivity index (χ3n) is 4.87. The number of fused-ring (bicyclic) bond motifs is 1. The molecule has 3 heterocycles. The first kappa shape index (κ1) is 21.3. The fourth-order valence-electron chi connectivity index (χ4n) is 3.22. The molecular weight excluding hydrogens is 502 g/mol. The van der Waals surface area contributed by atoms with Crippen molar-refractivity contribution in [1.29, 1.82) is 5.41 Å². The van der Waals surface area contributed by atoms with E-state index in [4.69, 9.17) is 10.1 Å². The maximum Gasteiger partial charge on any atom is 0.283 e. The van der Waals surface area contributed by atoms with Crippen LogP contribution in [-0.4, -0.2) is 31.9 Å². The summed E-state index contributed by atoms with van der Waals surface area (Å²) in [7, 11) is 0. The highest BCUT2D eigenvalue weighted by atomic mass is 79.9. The minimum absolute atomic E-state index is 0.0167. The van der Waals surface area contributed by atoms with Crippen molar-refractivity contribution >= 4 is 55.7 Å². The smallest absolute Gasteiger partial charge is 0.283 e. The van der Waals surface area contributed by atoms with Crippen LogP contribution in [0.3, 0.4) is 0 Å². The molecule has 2 aliphatic heterocycles. The topological polar surface area (TPSA) is 91.0 Å². The molecule has 0 atom stereocenters. The molecule has 0 radical (unpaired) electrons. The first-order valence-electron chi connectivity index (χ1n) is 9.95. The Morgan fingerprint density at radius 1 is 1.12 bits per heavy atom. The van der Waals surface area contributed by atoms with Gasteiger partial charge in [0.25, 0.3) is 5.91 Å². The molecule has 2 aromatic carbocycles. The third kappa shape index (κ3) is 4.50. The molecule has 1 aromatic heterocycles. The molecule has 0 saturated carbocycles. The van der Waals surface area contributed by atoms with Crippen LogP contribution in [0.5, 0.6) is 5.75 Å². The van der Waals surface area contributed by atoms with E-state index < -0.39 is 5.91 Å². The Morgan fingerprint density at radius 2 is 1.97 bits per heavy atom. The number of amidine groups is 2. The van der Waals surface area contributed by atoms with Gasteiger partial charge in [0.05, 0.1) is 10.0 Å². The van der Waals surface area contributed by atoms with E-state index in [1.807, 2.05) is 60.7 Å². The van der Waals surface area contributed by atoms with E-state index in [9.17, 15) is 4.79 Å². The Bertz CT molecular complexity index is 1340. The molecule has 1 N–H and O–H groups in total. The van der Waals surface area contributed by atoms with E-state index in [0.29, 0.717) is 22.6 Å². The van der Waals surface area contributed by atoms with Crippen LogP contribution in [0.4, 0.5) is 0 Å². The van der Waals surface area contributed by atoms with Gasteiger partial charge >= 0.3 is 0 Å². The number of aromatic nitrogens is 1. The Labute approximate surface area is 202 Å². The second kappa shape index (κ2) is 9.13. The minimum atomic E-state index is -0.470. The van der Waals surface area contributed by atoms with Crippen LogP contribution in [-0.2, 0) is 11.4 Å². The van der Waals surface area contributed by atoms with Crippen LogP contribution < -0.4 is 4.74 Å². The Kier molecular flexibility index (Phi) is 5.89. The van der Waals surface area contributed by atoms with Gasteiger partial charge < -0.3 is 4.74 Å². The molecule has 0 bridgehead atoms. The number of aliphatic imine (C=N–C) groups is 1. The molecule has 1 amide bonds. The van der Waals surface area contributed by atoms with Gasteiger partial charge in [0.15, 0.2) is 5.84 Å². The first-order valence-corrected chi connectivity index (χ1v) is 11.6. The van der Waals surface area contributed by atoms with Gasteiger partial charge in [-0.2, -0.15) is 15.1 Å². The van der Waals surface area contributed by atoms with Crippen molar-refractivity contribution in [3.05, 3.63) is 99.8 Å². The van der Waals surface area contributed by atoms with Gasteiger partial charge in [-0.15, -0.1) is 0 Å². The second-order valence-corrected chi connectivity index (χ2v) is 8.94. The van der Waals surface area contributed by atoms with Gasteiger partial charge in [-0.1, -0.05) is 36.4 Å². The summed E-state index contributed by atoms with van der Waals surface area (Å²) >= 11 is 4.78. The lowest BCUT2D eigenvalue weighted by Crippen LogP contribution is -2.35. The zero-order valence-corrected chi connectivity index (χ0v) is 19.5. The van der Waals surface area contributed by atoms with Crippen molar-refractivity contribution in [2.45, 2.75) is 6.61 Å². The quantitative estimate of drug-likeness (QED) is 0.476. The standard InChI is InChI=1S/C24H16BrN5O2S/c25-19-12-16(8-9-20(19)32-14-15-5-2-1-3-6-15)11-18-21(26)30-24(28-22(18)31)33-23(29-30)17-7-4-10-27-13-17/h1-13,26H,14H2/b18-11-,26-21?. The van der Waals surface area contributed by atoms with E-state index >= 15 is 0 Å². The molecule has 9 heteroatoms. The average molecular weight is 518 g/mol. The molecule has 33 heavy (non-hydrogen) atoms. The van der Waals surface area contributed by atoms with Crippen LogP contribution in [0.1, 0.15) is 16.7 Å². The molecule has 0 aliphatic carbocycles. The summed E-state index contributed by atoms with van der Waals surface area (Å²) in [6, 6.07) is 19.1. The SMILES string of the molecule is N=C1/C(=C/c2ccc(OCc3ccccc3)c(Br)c2)C(=O)N=C2SC(c3cccnc3)=NN12. The summed E-state index contributed by atoms with van der Waals surface area (Å²) < 4.78 is 6.64. The number of thioether (sulfide) groups is 1. The van der Waals surface area contributed by atoms with Crippen molar-refractivity contribution in [2.75, 3.05) is 0 Å². The fraction of sp³-hybridized carbons (Fsp3) is 0.0417. The minimum Gasteiger partial charge on any atom is -0.488 e. The van der Waals surface area contributed by atoms with Gasteiger partial charge in [0, 0.05) is 18.0 Å². The molecule has 0 fully saturated rings. The number of benzene rings is 2.